The minimum absolute atomic E-state index is 0.790. The molecule has 0 heterocycles. The third-order valence-electron chi connectivity index (χ3n) is 5.57. The lowest BCUT2D eigenvalue weighted by molar-refractivity contribution is 0.312. The van der Waals surface area contributed by atoms with Crippen molar-refractivity contribution in [3.05, 3.63) is 0 Å². The van der Waals surface area contributed by atoms with E-state index in [2.05, 4.69) is 34.6 Å². The molecule has 1 rings (SSSR count). The molecule has 0 bridgehead atoms. The lowest BCUT2D eigenvalue weighted by Crippen LogP contribution is -2.08. The first-order valence-corrected chi connectivity index (χ1v) is 9.01. The highest BCUT2D eigenvalue weighted by molar-refractivity contribution is 4.92. The van der Waals surface area contributed by atoms with Crippen LogP contribution in [0.2, 0.25) is 0 Å². The Kier molecular flexibility index (Phi) is 7.47. The van der Waals surface area contributed by atoms with Crippen molar-refractivity contribution in [3.8, 4) is 0 Å². The normalized spacial score (nSPS) is 21.9. The predicted molar refractivity (Wildman–Crippen MR) is 87.4 cm³/mol. The van der Waals surface area contributed by atoms with Crippen LogP contribution in [-0.4, -0.2) is 0 Å². The molecule has 1 fully saturated rings. The Morgan fingerprint density at radius 1 is 0.737 bits per heavy atom. The Balaban J connectivity index is 2.07. The van der Waals surface area contributed by atoms with Gasteiger partial charge < -0.3 is 0 Å². The highest BCUT2D eigenvalue weighted by Crippen LogP contribution is 2.53. The van der Waals surface area contributed by atoms with Crippen molar-refractivity contribution >= 4 is 0 Å². The first kappa shape index (κ1) is 17.1. The summed E-state index contributed by atoms with van der Waals surface area (Å²) in [5, 5.41) is 0. The van der Waals surface area contributed by atoms with E-state index < -0.39 is 0 Å². The molecule has 0 aliphatic heterocycles. The minimum Gasteiger partial charge on any atom is -0.0654 e. The van der Waals surface area contributed by atoms with E-state index in [1.165, 1.54) is 64.2 Å². The molecule has 0 aromatic rings. The van der Waals surface area contributed by atoms with E-state index in [9.17, 15) is 0 Å². The van der Waals surface area contributed by atoms with Crippen LogP contribution in [-0.2, 0) is 0 Å². The molecule has 0 aromatic carbocycles. The lowest BCUT2D eigenvalue weighted by Gasteiger charge is -2.21. The first-order valence-electron chi connectivity index (χ1n) is 9.01. The Morgan fingerprint density at radius 3 is 1.63 bits per heavy atom. The number of hydrogen-bond donors (Lipinski definition) is 0. The standard InChI is InChI=1S/C19H38/c1-6-8-16(3)9-10-17(4)11-12-18(5)15-19(7-2)13-14-19/h16-18H,6-15H2,1-5H3. The van der Waals surface area contributed by atoms with E-state index >= 15 is 0 Å². The summed E-state index contributed by atoms with van der Waals surface area (Å²) in [6.45, 7) is 12.1. The van der Waals surface area contributed by atoms with Gasteiger partial charge in [0.05, 0.1) is 0 Å². The SMILES string of the molecule is CCCC(C)CCC(C)CCC(C)CC1(CC)CC1. The van der Waals surface area contributed by atoms with Gasteiger partial charge in [0.1, 0.15) is 0 Å². The second-order valence-electron chi connectivity index (χ2n) is 7.82. The van der Waals surface area contributed by atoms with E-state index in [-0.39, 0.29) is 0 Å². The molecule has 0 spiro atoms. The van der Waals surface area contributed by atoms with Gasteiger partial charge in [-0.3, -0.25) is 0 Å². The van der Waals surface area contributed by atoms with Crippen molar-refractivity contribution in [2.45, 2.75) is 98.8 Å². The Labute approximate surface area is 122 Å². The number of hydrogen-bond acceptors (Lipinski definition) is 0. The lowest BCUT2D eigenvalue weighted by atomic mass is 9.85. The van der Waals surface area contributed by atoms with Gasteiger partial charge in [-0.25, -0.2) is 0 Å². The van der Waals surface area contributed by atoms with Crippen LogP contribution in [0.15, 0.2) is 0 Å². The average molecular weight is 267 g/mol. The van der Waals surface area contributed by atoms with Gasteiger partial charge >= 0.3 is 0 Å². The Hall–Kier alpha value is 0. The van der Waals surface area contributed by atoms with Crippen LogP contribution in [0, 0.1) is 23.2 Å². The van der Waals surface area contributed by atoms with Crippen LogP contribution in [0.1, 0.15) is 98.8 Å². The third-order valence-corrected chi connectivity index (χ3v) is 5.57. The molecule has 1 aliphatic carbocycles. The molecule has 3 atom stereocenters. The van der Waals surface area contributed by atoms with Crippen LogP contribution in [0.3, 0.4) is 0 Å². The van der Waals surface area contributed by atoms with Crippen molar-refractivity contribution in [3.63, 3.8) is 0 Å². The summed E-state index contributed by atoms with van der Waals surface area (Å²) in [7, 11) is 0. The predicted octanol–water partition coefficient (Wildman–Crippen LogP) is 6.84. The van der Waals surface area contributed by atoms with Gasteiger partial charge in [0, 0.05) is 0 Å². The van der Waals surface area contributed by atoms with Gasteiger partial charge in [-0.2, -0.15) is 0 Å². The summed E-state index contributed by atoms with van der Waals surface area (Å²) >= 11 is 0. The van der Waals surface area contributed by atoms with E-state index in [1.807, 2.05) is 0 Å². The summed E-state index contributed by atoms with van der Waals surface area (Å²) in [5.74, 6) is 2.84. The van der Waals surface area contributed by atoms with Crippen LogP contribution in [0.5, 0.6) is 0 Å². The molecule has 0 heteroatoms. The maximum Gasteiger partial charge on any atom is -0.0297 e. The molecule has 1 saturated carbocycles. The van der Waals surface area contributed by atoms with E-state index in [4.69, 9.17) is 0 Å². The summed E-state index contributed by atoms with van der Waals surface area (Å²) in [6.07, 6.45) is 14.5. The molecule has 3 unspecified atom stereocenters. The number of rotatable bonds is 11. The Morgan fingerprint density at radius 2 is 1.21 bits per heavy atom. The monoisotopic (exact) mass is 266 g/mol. The van der Waals surface area contributed by atoms with Crippen LogP contribution in [0.25, 0.3) is 0 Å². The van der Waals surface area contributed by atoms with E-state index in [1.54, 1.807) is 0 Å². The molecule has 0 nitrogen and oxygen atoms in total. The molecule has 19 heavy (non-hydrogen) atoms. The van der Waals surface area contributed by atoms with Gasteiger partial charge in [-0.15, -0.1) is 0 Å². The van der Waals surface area contributed by atoms with Crippen molar-refractivity contribution in [2.75, 3.05) is 0 Å². The summed E-state index contributed by atoms with van der Waals surface area (Å²) in [6, 6.07) is 0. The molecule has 0 radical (unpaired) electrons. The highest BCUT2D eigenvalue weighted by atomic mass is 14.5. The first-order chi connectivity index (χ1) is 9.01. The molecule has 0 amide bonds. The van der Waals surface area contributed by atoms with Crippen LogP contribution >= 0.6 is 0 Å². The largest absolute Gasteiger partial charge is 0.0654 e. The minimum atomic E-state index is 0.790. The van der Waals surface area contributed by atoms with Crippen molar-refractivity contribution in [2.24, 2.45) is 23.2 Å². The van der Waals surface area contributed by atoms with E-state index in [0.717, 1.165) is 23.2 Å². The molecule has 1 aliphatic rings. The zero-order chi connectivity index (χ0) is 14.3. The Bertz CT molecular complexity index is 226. The topological polar surface area (TPSA) is 0 Å². The maximum absolute atomic E-state index is 2.49. The zero-order valence-electron chi connectivity index (χ0n) is 14.3. The second-order valence-corrected chi connectivity index (χ2v) is 7.82. The van der Waals surface area contributed by atoms with Crippen molar-refractivity contribution in [1.82, 2.24) is 0 Å². The molecule has 0 N–H and O–H groups in total. The molecule has 0 aromatic heterocycles. The molecule has 114 valence electrons. The van der Waals surface area contributed by atoms with Gasteiger partial charge in [0.25, 0.3) is 0 Å². The molecular formula is C19H38. The fourth-order valence-corrected chi connectivity index (χ4v) is 3.64. The summed E-state index contributed by atoms with van der Waals surface area (Å²) in [4.78, 5) is 0. The van der Waals surface area contributed by atoms with Crippen LogP contribution < -0.4 is 0 Å². The molecular weight excluding hydrogens is 228 g/mol. The fraction of sp³-hybridized carbons (Fsp3) is 1.00. The molecule has 0 saturated heterocycles. The van der Waals surface area contributed by atoms with Gasteiger partial charge in [-0.1, -0.05) is 79.6 Å². The maximum atomic E-state index is 2.49. The smallest absolute Gasteiger partial charge is 0.0297 e. The van der Waals surface area contributed by atoms with Crippen molar-refractivity contribution in [1.29, 1.82) is 0 Å². The highest BCUT2D eigenvalue weighted by Gasteiger charge is 2.41. The zero-order valence-corrected chi connectivity index (χ0v) is 14.3. The average Bonchev–Trinajstić information content (AvgIpc) is 3.14. The summed E-state index contributed by atoms with van der Waals surface area (Å²) in [5.41, 5.74) is 0.790. The third kappa shape index (κ3) is 6.82. The second kappa shape index (κ2) is 8.32. The van der Waals surface area contributed by atoms with Crippen LogP contribution in [0.4, 0.5) is 0 Å². The van der Waals surface area contributed by atoms with E-state index in [0.29, 0.717) is 0 Å². The van der Waals surface area contributed by atoms with Gasteiger partial charge in [-0.05, 0) is 42.4 Å². The fourth-order valence-electron chi connectivity index (χ4n) is 3.64. The quantitative estimate of drug-likeness (QED) is 0.384. The summed E-state index contributed by atoms with van der Waals surface area (Å²) < 4.78 is 0. The van der Waals surface area contributed by atoms with Gasteiger partial charge in [0.15, 0.2) is 0 Å². The van der Waals surface area contributed by atoms with Gasteiger partial charge in [0.2, 0.25) is 0 Å². The van der Waals surface area contributed by atoms with Crippen molar-refractivity contribution < 1.29 is 0 Å².